The van der Waals surface area contributed by atoms with Gasteiger partial charge in [-0.15, -0.1) is 10.1 Å². The summed E-state index contributed by atoms with van der Waals surface area (Å²) in [7, 11) is 0. The molecule has 0 saturated carbocycles. The van der Waals surface area contributed by atoms with E-state index >= 15 is 0 Å². The highest BCUT2D eigenvalue weighted by Gasteiger charge is 2.17. The Morgan fingerprint density at radius 3 is 2.71 bits per heavy atom. The van der Waals surface area contributed by atoms with Crippen LogP contribution in [0.5, 0.6) is 0 Å². The van der Waals surface area contributed by atoms with Crippen molar-refractivity contribution in [2.45, 2.75) is 6.92 Å². The Hall–Kier alpha value is -3.29. The number of ether oxygens (including phenoxy) is 1. The largest absolute Gasteiger partial charge is 0.460 e. The van der Waals surface area contributed by atoms with Crippen LogP contribution in [0, 0.1) is 10.1 Å². The van der Waals surface area contributed by atoms with Gasteiger partial charge in [0.15, 0.2) is 5.78 Å². The van der Waals surface area contributed by atoms with Crippen molar-refractivity contribution < 1.29 is 24.3 Å². The van der Waals surface area contributed by atoms with E-state index in [0.717, 1.165) is 10.9 Å². The number of aromatic nitrogens is 1. The van der Waals surface area contributed by atoms with Gasteiger partial charge in [0.05, 0.1) is 5.52 Å². The molecular weight excluding hydrogens is 316 g/mol. The van der Waals surface area contributed by atoms with Gasteiger partial charge >= 0.3 is 5.97 Å². The number of nitrogens with zero attached hydrogens (tertiary/aromatic N) is 2. The number of pyridine rings is 1. The molecule has 0 radical (unpaired) electrons. The lowest BCUT2D eigenvalue weighted by molar-refractivity contribution is -0.757. The zero-order chi connectivity index (χ0) is 17.5. The van der Waals surface area contributed by atoms with Crippen molar-refractivity contribution in [2.24, 2.45) is 0 Å². The van der Waals surface area contributed by atoms with Crippen LogP contribution in [0.15, 0.2) is 42.1 Å². The second-order valence-electron chi connectivity index (χ2n) is 4.72. The van der Waals surface area contributed by atoms with E-state index in [4.69, 9.17) is 4.74 Å². The first-order valence-corrected chi connectivity index (χ1v) is 7.00. The normalized spacial score (nSPS) is 11.1. The molecule has 8 nitrogen and oxygen atoms in total. The Morgan fingerprint density at radius 1 is 1.25 bits per heavy atom. The molecule has 2 aromatic rings. The van der Waals surface area contributed by atoms with Gasteiger partial charge < -0.3 is 9.57 Å². The minimum atomic E-state index is -0.987. The van der Waals surface area contributed by atoms with Gasteiger partial charge in [-0.2, -0.15) is 0 Å². The molecule has 8 heteroatoms. The van der Waals surface area contributed by atoms with Crippen molar-refractivity contribution in [3.8, 4) is 0 Å². The fraction of sp³-hybridized carbons (Fsp3) is 0.188. The highest BCUT2D eigenvalue weighted by molar-refractivity contribution is 6.20. The van der Waals surface area contributed by atoms with Crippen LogP contribution in [0.25, 0.3) is 17.0 Å². The SMILES string of the molecule is CC(=O)/C(=C\c1ccnc2ccccc12)C(=O)OCCO[N+](=O)[O-]. The summed E-state index contributed by atoms with van der Waals surface area (Å²) >= 11 is 0. The molecule has 0 unspecified atom stereocenters. The predicted octanol–water partition coefficient (Wildman–Crippen LogP) is 1.96. The summed E-state index contributed by atoms with van der Waals surface area (Å²) < 4.78 is 4.83. The smallest absolute Gasteiger partial charge is 0.341 e. The summed E-state index contributed by atoms with van der Waals surface area (Å²) in [6.07, 6.45) is 2.99. The van der Waals surface area contributed by atoms with Crippen molar-refractivity contribution in [1.82, 2.24) is 4.98 Å². The van der Waals surface area contributed by atoms with E-state index in [-0.39, 0.29) is 12.2 Å². The first-order chi connectivity index (χ1) is 11.5. The van der Waals surface area contributed by atoms with Gasteiger partial charge in [0.1, 0.15) is 18.8 Å². The fourth-order valence-electron chi connectivity index (χ4n) is 2.03. The number of hydrogen-bond donors (Lipinski definition) is 0. The van der Waals surface area contributed by atoms with Crippen LogP contribution in [0.2, 0.25) is 0 Å². The second-order valence-corrected chi connectivity index (χ2v) is 4.72. The maximum Gasteiger partial charge on any atom is 0.341 e. The number of ketones is 1. The molecule has 0 spiro atoms. The molecule has 1 aromatic heterocycles. The van der Waals surface area contributed by atoms with Gasteiger partial charge in [-0.05, 0) is 30.7 Å². The van der Waals surface area contributed by atoms with E-state index in [9.17, 15) is 19.7 Å². The summed E-state index contributed by atoms with van der Waals surface area (Å²) in [5, 5.41) is 9.82. The van der Waals surface area contributed by atoms with Crippen LogP contribution in [-0.2, 0) is 19.2 Å². The number of esters is 1. The van der Waals surface area contributed by atoms with Crippen molar-refractivity contribution in [3.63, 3.8) is 0 Å². The number of rotatable bonds is 7. The lowest BCUT2D eigenvalue weighted by Crippen LogP contribution is -2.17. The lowest BCUT2D eigenvalue weighted by Gasteiger charge is -2.07. The predicted molar refractivity (Wildman–Crippen MR) is 84.3 cm³/mol. The van der Waals surface area contributed by atoms with E-state index in [1.54, 1.807) is 12.3 Å². The summed E-state index contributed by atoms with van der Waals surface area (Å²) in [4.78, 5) is 42.0. The molecule has 0 bridgehead atoms. The Kier molecular flexibility index (Phi) is 5.56. The summed E-state index contributed by atoms with van der Waals surface area (Å²) in [5.74, 6) is -1.34. The van der Waals surface area contributed by atoms with Crippen molar-refractivity contribution in [3.05, 3.63) is 57.8 Å². The first kappa shape index (κ1) is 17.1. The van der Waals surface area contributed by atoms with Crippen LogP contribution in [0.1, 0.15) is 12.5 Å². The van der Waals surface area contributed by atoms with Gasteiger partial charge in [-0.25, -0.2) is 4.79 Å². The Bertz CT molecular complexity index is 810. The quantitative estimate of drug-likeness (QED) is 0.145. The summed E-state index contributed by atoms with van der Waals surface area (Å²) in [6, 6.07) is 8.96. The highest BCUT2D eigenvalue weighted by atomic mass is 17.0. The monoisotopic (exact) mass is 330 g/mol. The average molecular weight is 330 g/mol. The number of carbonyl (C=O) groups excluding carboxylic acids is 2. The molecule has 1 heterocycles. The van der Waals surface area contributed by atoms with Crippen LogP contribution in [0.4, 0.5) is 0 Å². The van der Waals surface area contributed by atoms with Gasteiger partial charge in [-0.3, -0.25) is 9.78 Å². The molecule has 0 amide bonds. The van der Waals surface area contributed by atoms with E-state index in [1.165, 1.54) is 13.0 Å². The van der Waals surface area contributed by atoms with Crippen molar-refractivity contribution in [2.75, 3.05) is 13.2 Å². The number of hydrogen-bond acceptors (Lipinski definition) is 7. The third-order valence-corrected chi connectivity index (χ3v) is 3.10. The number of para-hydroxylation sites is 1. The lowest BCUT2D eigenvalue weighted by atomic mass is 10.0. The fourth-order valence-corrected chi connectivity index (χ4v) is 2.03. The van der Waals surface area contributed by atoms with Gasteiger partial charge in [-0.1, -0.05) is 18.2 Å². The third kappa shape index (κ3) is 4.35. The van der Waals surface area contributed by atoms with Crippen molar-refractivity contribution in [1.29, 1.82) is 0 Å². The first-order valence-electron chi connectivity index (χ1n) is 7.00. The van der Waals surface area contributed by atoms with E-state index in [0.29, 0.717) is 5.56 Å². The number of benzene rings is 1. The molecule has 0 saturated heterocycles. The zero-order valence-electron chi connectivity index (χ0n) is 12.8. The Labute approximate surface area is 136 Å². The van der Waals surface area contributed by atoms with E-state index < -0.39 is 23.4 Å². The van der Waals surface area contributed by atoms with Gasteiger partial charge in [0, 0.05) is 11.6 Å². The number of carbonyl (C=O) groups is 2. The molecule has 0 N–H and O–H groups in total. The molecular formula is C16H14N2O6. The standard InChI is InChI=1S/C16H14N2O6/c1-11(19)14(16(20)23-8-9-24-18(21)22)10-12-6-7-17-15-5-3-2-4-13(12)15/h2-7,10H,8-9H2,1H3/b14-10+. The molecule has 124 valence electrons. The van der Waals surface area contributed by atoms with Crippen LogP contribution in [-0.4, -0.2) is 35.0 Å². The van der Waals surface area contributed by atoms with Gasteiger partial charge in [0.25, 0.3) is 5.09 Å². The van der Waals surface area contributed by atoms with Gasteiger partial charge in [0.2, 0.25) is 0 Å². The van der Waals surface area contributed by atoms with Crippen LogP contribution < -0.4 is 0 Å². The zero-order valence-corrected chi connectivity index (χ0v) is 12.8. The summed E-state index contributed by atoms with van der Waals surface area (Å²) in [5.41, 5.74) is 1.21. The highest BCUT2D eigenvalue weighted by Crippen LogP contribution is 2.19. The van der Waals surface area contributed by atoms with Crippen LogP contribution in [0.3, 0.4) is 0 Å². The minimum Gasteiger partial charge on any atom is -0.460 e. The topological polar surface area (TPSA) is 109 Å². The molecule has 0 atom stereocenters. The Balaban J connectivity index is 2.23. The molecule has 0 aliphatic rings. The van der Waals surface area contributed by atoms with E-state index in [2.05, 4.69) is 9.82 Å². The second kappa shape index (κ2) is 7.82. The molecule has 0 fully saturated rings. The van der Waals surface area contributed by atoms with E-state index in [1.807, 2.05) is 24.3 Å². The minimum absolute atomic E-state index is 0.160. The Morgan fingerprint density at radius 2 is 2.00 bits per heavy atom. The molecule has 2 rings (SSSR count). The molecule has 1 aromatic carbocycles. The summed E-state index contributed by atoms with van der Waals surface area (Å²) in [6.45, 7) is 0.508. The molecule has 0 aliphatic carbocycles. The third-order valence-electron chi connectivity index (χ3n) is 3.10. The maximum absolute atomic E-state index is 12.0. The maximum atomic E-state index is 12.0. The molecule has 0 aliphatic heterocycles. The number of Topliss-reactive ketones (excluding diaryl/α,β-unsaturated/α-hetero) is 1. The average Bonchev–Trinajstić information content (AvgIpc) is 2.56. The van der Waals surface area contributed by atoms with Crippen molar-refractivity contribution >= 4 is 28.7 Å². The number of fused-ring (bicyclic) bond motifs is 1. The van der Waals surface area contributed by atoms with Crippen LogP contribution >= 0.6 is 0 Å². The molecule has 24 heavy (non-hydrogen) atoms.